The van der Waals surface area contributed by atoms with E-state index in [0.717, 1.165) is 17.5 Å². The third-order valence-corrected chi connectivity index (χ3v) is 6.39. The van der Waals surface area contributed by atoms with Gasteiger partial charge in [-0.2, -0.15) is 0 Å². The van der Waals surface area contributed by atoms with Crippen molar-refractivity contribution in [3.8, 4) is 0 Å². The maximum atomic E-state index is 5.86. The van der Waals surface area contributed by atoms with Gasteiger partial charge in [-0.3, -0.25) is 0 Å². The summed E-state index contributed by atoms with van der Waals surface area (Å²) in [4.78, 5) is 0. The van der Waals surface area contributed by atoms with Crippen LogP contribution in [0, 0.1) is 11.8 Å². The van der Waals surface area contributed by atoms with Crippen LogP contribution in [0.5, 0.6) is 0 Å². The molecule has 0 bridgehead atoms. The Morgan fingerprint density at radius 1 is 0.704 bits per heavy atom. The molecule has 2 unspecified atom stereocenters. The van der Waals surface area contributed by atoms with Gasteiger partial charge in [-0.25, -0.2) is 0 Å². The average molecular weight is 374 g/mol. The summed E-state index contributed by atoms with van der Waals surface area (Å²) in [5.41, 5.74) is 8.17. The second-order valence-corrected chi connectivity index (χ2v) is 8.95. The Morgan fingerprint density at radius 2 is 1.19 bits per heavy atom. The highest BCUT2D eigenvalue weighted by Crippen LogP contribution is 2.33. The van der Waals surface area contributed by atoms with Gasteiger partial charge in [0.05, 0.1) is 0 Å². The van der Waals surface area contributed by atoms with Crippen LogP contribution < -0.4 is 5.73 Å². The molecule has 0 radical (unpaired) electrons. The summed E-state index contributed by atoms with van der Waals surface area (Å²) < 4.78 is 0. The third kappa shape index (κ3) is 10.8. The summed E-state index contributed by atoms with van der Waals surface area (Å²) in [5, 5.41) is 0. The smallest absolute Gasteiger partial charge is 0.0314 e. The van der Waals surface area contributed by atoms with Crippen molar-refractivity contribution >= 4 is 5.69 Å². The van der Waals surface area contributed by atoms with E-state index in [4.69, 9.17) is 5.73 Å². The van der Waals surface area contributed by atoms with E-state index in [1.54, 1.807) is 0 Å². The van der Waals surface area contributed by atoms with Crippen LogP contribution in [0.3, 0.4) is 0 Å². The minimum atomic E-state index is 0.628. The summed E-state index contributed by atoms with van der Waals surface area (Å²) in [6, 6.07) is 8.54. The SMILES string of the molecule is CCCCCCCC(CCCCCCC)C(C)CC(C)c1ccc(N)cc1. The molecule has 0 aliphatic rings. The molecule has 2 N–H and O–H groups in total. The van der Waals surface area contributed by atoms with Gasteiger partial charge in [-0.05, 0) is 41.9 Å². The highest BCUT2D eigenvalue weighted by Gasteiger charge is 2.20. The molecular formula is C26H47N. The lowest BCUT2D eigenvalue weighted by Crippen LogP contribution is -2.15. The molecule has 2 atom stereocenters. The molecule has 1 nitrogen and oxygen atoms in total. The van der Waals surface area contributed by atoms with E-state index in [9.17, 15) is 0 Å². The maximum absolute atomic E-state index is 5.86. The van der Waals surface area contributed by atoms with Crippen molar-refractivity contribution in [2.45, 2.75) is 117 Å². The first-order valence-electron chi connectivity index (χ1n) is 11.9. The molecule has 0 spiro atoms. The molecule has 27 heavy (non-hydrogen) atoms. The number of anilines is 1. The molecule has 0 amide bonds. The molecule has 0 saturated heterocycles. The number of rotatable bonds is 16. The number of benzene rings is 1. The summed E-state index contributed by atoms with van der Waals surface area (Å²) in [6.45, 7) is 9.51. The second kappa shape index (κ2) is 15.0. The van der Waals surface area contributed by atoms with Gasteiger partial charge in [0.15, 0.2) is 0 Å². The lowest BCUT2D eigenvalue weighted by molar-refractivity contribution is 0.270. The third-order valence-electron chi connectivity index (χ3n) is 6.39. The highest BCUT2D eigenvalue weighted by molar-refractivity contribution is 5.40. The second-order valence-electron chi connectivity index (χ2n) is 8.95. The predicted octanol–water partition coefficient (Wildman–Crippen LogP) is 8.74. The standard InChI is InChI=1S/C26H47N/c1-5-7-9-11-13-15-24(16-14-12-10-8-6-2)22(3)21-23(4)25-17-19-26(27)20-18-25/h17-20,22-24H,5-16,21,27H2,1-4H3. The fraction of sp³-hybridized carbons (Fsp3) is 0.769. The average Bonchev–Trinajstić information content (AvgIpc) is 2.66. The molecule has 1 rings (SSSR count). The van der Waals surface area contributed by atoms with Gasteiger partial charge in [0, 0.05) is 5.69 Å². The zero-order chi connectivity index (χ0) is 19.9. The van der Waals surface area contributed by atoms with Crippen molar-refractivity contribution in [3.05, 3.63) is 29.8 Å². The number of nitrogens with two attached hydrogens (primary N) is 1. The van der Waals surface area contributed by atoms with Crippen LogP contribution in [0.2, 0.25) is 0 Å². The molecule has 156 valence electrons. The fourth-order valence-corrected chi connectivity index (χ4v) is 4.44. The van der Waals surface area contributed by atoms with E-state index in [1.165, 1.54) is 89.0 Å². The quantitative estimate of drug-likeness (QED) is 0.227. The van der Waals surface area contributed by atoms with Gasteiger partial charge in [0.2, 0.25) is 0 Å². The Bertz CT molecular complexity index is 436. The molecule has 0 saturated carbocycles. The molecule has 1 aromatic carbocycles. The summed E-state index contributed by atoms with van der Waals surface area (Å²) in [6.07, 6.45) is 18.3. The Balaban J connectivity index is 2.49. The van der Waals surface area contributed by atoms with Crippen molar-refractivity contribution in [1.82, 2.24) is 0 Å². The molecule has 0 heterocycles. The Hall–Kier alpha value is -0.980. The van der Waals surface area contributed by atoms with Crippen molar-refractivity contribution in [1.29, 1.82) is 0 Å². The Kier molecular flexibility index (Phi) is 13.4. The van der Waals surface area contributed by atoms with Gasteiger partial charge in [0.1, 0.15) is 0 Å². The highest BCUT2D eigenvalue weighted by atomic mass is 14.5. The molecule has 0 aliphatic carbocycles. The summed E-state index contributed by atoms with van der Waals surface area (Å²) >= 11 is 0. The monoisotopic (exact) mass is 373 g/mol. The number of hydrogen-bond acceptors (Lipinski definition) is 1. The normalized spacial score (nSPS) is 13.8. The molecule has 0 aromatic heterocycles. The first-order chi connectivity index (χ1) is 13.1. The van der Waals surface area contributed by atoms with E-state index in [2.05, 4.69) is 52.0 Å². The summed E-state index contributed by atoms with van der Waals surface area (Å²) in [5.74, 6) is 2.35. The number of unbranched alkanes of at least 4 members (excludes halogenated alkanes) is 8. The van der Waals surface area contributed by atoms with E-state index in [1.807, 2.05) is 0 Å². The van der Waals surface area contributed by atoms with E-state index >= 15 is 0 Å². The first-order valence-corrected chi connectivity index (χ1v) is 11.9. The molecular weight excluding hydrogens is 326 g/mol. The lowest BCUT2D eigenvalue weighted by Gasteiger charge is -2.27. The lowest BCUT2D eigenvalue weighted by atomic mass is 9.79. The van der Waals surface area contributed by atoms with E-state index < -0.39 is 0 Å². The van der Waals surface area contributed by atoms with Crippen molar-refractivity contribution in [2.75, 3.05) is 5.73 Å². The first kappa shape index (κ1) is 24.1. The zero-order valence-corrected chi connectivity index (χ0v) is 18.8. The molecule has 1 heteroatoms. The van der Waals surface area contributed by atoms with Crippen LogP contribution in [0.15, 0.2) is 24.3 Å². The van der Waals surface area contributed by atoms with Crippen molar-refractivity contribution in [2.24, 2.45) is 11.8 Å². The van der Waals surface area contributed by atoms with Crippen molar-refractivity contribution in [3.63, 3.8) is 0 Å². The van der Waals surface area contributed by atoms with Gasteiger partial charge >= 0.3 is 0 Å². The van der Waals surface area contributed by atoms with Gasteiger partial charge in [-0.1, -0.05) is 117 Å². The largest absolute Gasteiger partial charge is 0.399 e. The van der Waals surface area contributed by atoms with Crippen LogP contribution in [-0.2, 0) is 0 Å². The topological polar surface area (TPSA) is 26.0 Å². The number of nitrogen functional groups attached to an aromatic ring is 1. The van der Waals surface area contributed by atoms with Crippen LogP contribution in [0.25, 0.3) is 0 Å². The van der Waals surface area contributed by atoms with E-state index in [-0.39, 0.29) is 0 Å². The Morgan fingerprint density at radius 3 is 1.67 bits per heavy atom. The van der Waals surface area contributed by atoms with Crippen LogP contribution in [-0.4, -0.2) is 0 Å². The molecule has 0 fully saturated rings. The predicted molar refractivity (Wildman–Crippen MR) is 123 cm³/mol. The van der Waals surface area contributed by atoms with Gasteiger partial charge in [-0.15, -0.1) is 0 Å². The minimum absolute atomic E-state index is 0.628. The van der Waals surface area contributed by atoms with Gasteiger partial charge in [0.25, 0.3) is 0 Å². The van der Waals surface area contributed by atoms with E-state index in [0.29, 0.717) is 5.92 Å². The zero-order valence-electron chi connectivity index (χ0n) is 18.8. The van der Waals surface area contributed by atoms with Crippen LogP contribution in [0.1, 0.15) is 123 Å². The van der Waals surface area contributed by atoms with Crippen molar-refractivity contribution < 1.29 is 0 Å². The Labute approximate surface area is 170 Å². The summed E-state index contributed by atoms with van der Waals surface area (Å²) in [7, 11) is 0. The fourth-order valence-electron chi connectivity index (χ4n) is 4.44. The minimum Gasteiger partial charge on any atom is -0.399 e. The van der Waals surface area contributed by atoms with Crippen LogP contribution >= 0.6 is 0 Å². The number of hydrogen-bond donors (Lipinski definition) is 1. The molecule has 0 aliphatic heterocycles. The van der Waals surface area contributed by atoms with Crippen LogP contribution in [0.4, 0.5) is 5.69 Å². The molecule has 1 aromatic rings. The van der Waals surface area contributed by atoms with Gasteiger partial charge < -0.3 is 5.73 Å². The maximum Gasteiger partial charge on any atom is 0.0314 e.